The van der Waals surface area contributed by atoms with Crippen molar-refractivity contribution in [2.24, 2.45) is 0 Å². The highest BCUT2D eigenvalue weighted by atomic mass is 35.5. The van der Waals surface area contributed by atoms with E-state index < -0.39 is 6.10 Å². The summed E-state index contributed by atoms with van der Waals surface area (Å²) in [5.74, 6) is -0.333. The minimum absolute atomic E-state index is 0. The van der Waals surface area contributed by atoms with E-state index in [1.165, 1.54) is 18.4 Å². The Morgan fingerprint density at radius 2 is 1.94 bits per heavy atom. The largest absolute Gasteiger partial charge is 0.465 e. The molecule has 2 atom stereocenters. The lowest BCUT2D eigenvalue weighted by Gasteiger charge is -2.19. The van der Waals surface area contributed by atoms with E-state index in [0.29, 0.717) is 23.7 Å². The molecule has 8 heteroatoms. The molecule has 0 unspecified atom stereocenters. The zero-order valence-corrected chi connectivity index (χ0v) is 19.7. The van der Waals surface area contributed by atoms with E-state index in [4.69, 9.17) is 16.3 Å². The Labute approximate surface area is 197 Å². The molecule has 31 heavy (non-hydrogen) atoms. The van der Waals surface area contributed by atoms with Crippen molar-refractivity contribution in [3.8, 4) is 10.4 Å². The molecular formula is C23H26Cl2N2O3S. The van der Waals surface area contributed by atoms with Crippen molar-refractivity contribution in [1.82, 2.24) is 5.32 Å². The summed E-state index contributed by atoms with van der Waals surface area (Å²) < 4.78 is 4.87. The summed E-state index contributed by atoms with van der Waals surface area (Å²) in [4.78, 5) is 12.8. The molecule has 0 aliphatic carbocycles. The number of ether oxygens (including phenoxy) is 1. The van der Waals surface area contributed by atoms with Gasteiger partial charge in [-0.3, -0.25) is 0 Å². The number of halogens is 2. The maximum absolute atomic E-state index is 11.9. The van der Waals surface area contributed by atoms with Gasteiger partial charge in [0.15, 0.2) is 0 Å². The van der Waals surface area contributed by atoms with Crippen LogP contribution in [0.5, 0.6) is 0 Å². The van der Waals surface area contributed by atoms with Crippen molar-refractivity contribution in [3.05, 3.63) is 76.1 Å². The van der Waals surface area contributed by atoms with E-state index in [2.05, 4.69) is 17.6 Å². The number of aliphatic hydroxyl groups excluding tert-OH is 1. The topological polar surface area (TPSA) is 70.6 Å². The molecule has 0 amide bonds. The Morgan fingerprint density at radius 3 is 2.68 bits per heavy atom. The number of esters is 1. The van der Waals surface area contributed by atoms with Crippen LogP contribution in [0.25, 0.3) is 10.4 Å². The smallest absolute Gasteiger partial charge is 0.339 e. The SMILES string of the molecule is COC(=O)c1ccsc1-c1cccc(NC[C@@H](C)NC[C@H](O)c2cccc(Cl)c2)c1.Cl. The molecule has 0 fully saturated rings. The van der Waals surface area contributed by atoms with Gasteiger partial charge in [0.05, 0.1) is 18.8 Å². The lowest BCUT2D eigenvalue weighted by Crippen LogP contribution is -2.35. The monoisotopic (exact) mass is 480 g/mol. The number of hydrogen-bond donors (Lipinski definition) is 3. The van der Waals surface area contributed by atoms with Gasteiger partial charge in [-0.05, 0) is 53.8 Å². The van der Waals surface area contributed by atoms with Gasteiger partial charge >= 0.3 is 5.97 Å². The second-order valence-electron chi connectivity index (χ2n) is 7.00. The number of carbonyl (C=O) groups excluding carboxylic acids is 1. The van der Waals surface area contributed by atoms with Gasteiger partial charge < -0.3 is 20.5 Å². The van der Waals surface area contributed by atoms with Gasteiger partial charge in [-0.25, -0.2) is 4.79 Å². The van der Waals surface area contributed by atoms with Gasteiger partial charge in [0, 0.05) is 34.7 Å². The van der Waals surface area contributed by atoms with E-state index in [9.17, 15) is 9.90 Å². The summed E-state index contributed by atoms with van der Waals surface area (Å²) in [6.07, 6.45) is -0.620. The van der Waals surface area contributed by atoms with Gasteiger partial charge in [-0.2, -0.15) is 0 Å². The molecule has 3 rings (SSSR count). The number of nitrogens with one attached hydrogen (secondary N) is 2. The number of rotatable bonds is 9. The highest BCUT2D eigenvalue weighted by molar-refractivity contribution is 7.14. The van der Waals surface area contributed by atoms with E-state index in [1.54, 1.807) is 18.2 Å². The number of hydrogen-bond acceptors (Lipinski definition) is 6. The maximum atomic E-state index is 11.9. The van der Waals surface area contributed by atoms with Crippen molar-refractivity contribution >= 4 is 47.0 Å². The van der Waals surface area contributed by atoms with Crippen LogP contribution < -0.4 is 10.6 Å². The highest BCUT2D eigenvalue weighted by Crippen LogP contribution is 2.31. The fourth-order valence-electron chi connectivity index (χ4n) is 3.06. The average molecular weight is 481 g/mol. The van der Waals surface area contributed by atoms with Gasteiger partial charge in [-0.1, -0.05) is 35.9 Å². The first kappa shape index (κ1) is 25.2. The Balaban J connectivity index is 0.00000341. The van der Waals surface area contributed by atoms with E-state index in [0.717, 1.165) is 21.7 Å². The van der Waals surface area contributed by atoms with Crippen LogP contribution in [-0.4, -0.2) is 37.3 Å². The zero-order valence-electron chi connectivity index (χ0n) is 17.3. The number of methoxy groups -OCH3 is 1. The molecule has 166 valence electrons. The summed E-state index contributed by atoms with van der Waals surface area (Å²) in [6.45, 7) is 3.16. The molecule has 1 aromatic heterocycles. The fourth-order valence-corrected chi connectivity index (χ4v) is 4.14. The van der Waals surface area contributed by atoms with Crippen LogP contribution in [-0.2, 0) is 4.74 Å². The molecule has 0 radical (unpaired) electrons. The van der Waals surface area contributed by atoms with Crippen molar-refractivity contribution in [3.63, 3.8) is 0 Å². The molecular weight excluding hydrogens is 455 g/mol. The number of aliphatic hydroxyl groups is 1. The number of anilines is 1. The third kappa shape index (κ3) is 6.95. The third-order valence-corrected chi connectivity index (χ3v) is 5.90. The predicted molar refractivity (Wildman–Crippen MR) is 131 cm³/mol. The lowest BCUT2D eigenvalue weighted by atomic mass is 10.1. The minimum Gasteiger partial charge on any atom is -0.465 e. The van der Waals surface area contributed by atoms with Gasteiger partial charge in [0.25, 0.3) is 0 Å². The summed E-state index contributed by atoms with van der Waals surface area (Å²) >= 11 is 7.50. The van der Waals surface area contributed by atoms with Gasteiger partial charge in [0.2, 0.25) is 0 Å². The minimum atomic E-state index is -0.620. The second-order valence-corrected chi connectivity index (χ2v) is 8.35. The quantitative estimate of drug-likeness (QED) is 0.357. The van der Waals surface area contributed by atoms with E-state index in [-0.39, 0.29) is 24.4 Å². The molecule has 0 bridgehead atoms. The molecule has 1 heterocycles. The van der Waals surface area contributed by atoms with Crippen LogP contribution in [0.15, 0.2) is 60.0 Å². The molecule has 0 spiro atoms. The zero-order chi connectivity index (χ0) is 21.5. The van der Waals surface area contributed by atoms with Crippen LogP contribution >= 0.6 is 35.3 Å². The Kier molecular flexibility index (Phi) is 9.81. The first-order valence-corrected chi connectivity index (χ1v) is 10.9. The summed E-state index contributed by atoms with van der Waals surface area (Å²) in [7, 11) is 1.39. The van der Waals surface area contributed by atoms with Crippen LogP contribution in [0.4, 0.5) is 5.69 Å². The highest BCUT2D eigenvalue weighted by Gasteiger charge is 2.15. The van der Waals surface area contributed by atoms with E-state index in [1.807, 2.05) is 41.8 Å². The molecule has 3 N–H and O–H groups in total. The first-order valence-electron chi connectivity index (χ1n) is 9.65. The first-order chi connectivity index (χ1) is 14.5. The summed E-state index contributed by atoms with van der Waals surface area (Å²) in [5.41, 5.74) is 3.29. The van der Waals surface area contributed by atoms with Crippen molar-refractivity contribution in [2.45, 2.75) is 19.1 Å². The molecule has 0 aliphatic heterocycles. The van der Waals surface area contributed by atoms with Crippen molar-refractivity contribution < 1.29 is 14.6 Å². The lowest BCUT2D eigenvalue weighted by molar-refractivity contribution is 0.0602. The van der Waals surface area contributed by atoms with Crippen LogP contribution in [0.1, 0.15) is 28.9 Å². The normalized spacial score (nSPS) is 12.5. The Morgan fingerprint density at radius 1 is 1.16 bits per heavy atom. The summed E-state index contributed by atoms with van der Waals surface area (Å²) in [5, 5.41) is 19.6. The average Bonchev–Trinajstić information content (AvgIpc) is 3.25. The van der Waals surface area contributed by atoms with Crippen molar-refractivity contribution in [2.75, 3.05) is 25.5 Å². The van der Waals surface area contributed by atoms with Gasteiger partial charge in [-0.15, -0.1) is 23.7 Å². The standard InChI is InChI=1S/C23H25ClN2O3S.ClH/c1-15(25-14-21(27)16-5-3-7-18(24)11-16)13-26-19-8-4-6-17(12-19)22-20(9-10-30-22)23(28)29-2;/h3-12,15,21,25-27H,13-14H2,1-2H3;1H/t15-,21+;/m1./s1. The maximum Gasteiger partial charge on any atom is 0.339 e. The Bertz CT molecular complexity index is 996. The molecule has 3 aromatic rings. The molecule has 2 aromatic carbocycles. The second kappa shape index (κ2) is 12.1. The van der Waals surface area contributed by atoms with E-state index >= 15 is 0 Å². The number of thiophene rings is 1. The molecule has 0 saturated carbocycles. The summed E-state index contributed by atoms with van der Waals surface area (Å²) in [6, 6.07) is 17.1. The molecule has 0 aliphatic rings. The van der Waals surface area contributed by atoms with Crippen molar-refractivity contribution in [1.29, 1.82) is 0 Å². The van der Waals surface area contributed by atoms with Crippen LogP contribution in [0.2, 0.25) is 5.02 Å². The van der Waals surface area contributed by atoms with Crippen LogP contribution in [0, 0.1) is 0 Å². The third-order valence-electron chi connectivity index (χ3n) is 4.70. The fraction of sp³-hybridized carbons (Fsp3) is 0.261. The van der Waals surface area contributed by atoms with Crippen LogP contribution in [0.3, 0.4) is 0 Å². The number of benzene rings is 2. The molecule has 5 nitrogen and oxygen atoms in total. The molecule has 0 saturated heterocycles. The van der Waals surface area contributed by atoms with Gasteiger partial charge in [0.1, 0.15) is 0 Å². The Hall–Kier alpha value is -2.09. The predicted octanol–water partition coefficient (Wildman–Crippen LogP) is 5.40. The number of carbonyl (C=O) groups is 1.